The highest BCUT2D eigenvalue weighted by Crippen LogP contribution is 2.43. The summed E-state index contributed by atoms with van der Waals surface area (Å²) in [5, 5.41) is 62.2. The van der Waals surface area contributed by atoms with Crippen molar-refractivity contribution in [3.63, 3.8) is 0 Å². The van der Waals surface area contributed by atoms with Gasteiger partial charge >= 0.3 is 11.9 Å². The van der Waals surface area contributed by atoms with E-state index in [2.05, 4.69) is 42.2 Å². The Morgan fingerprint density at radius 2 is 1.07 bits per heavy atom. The van der Waals surface area contributed by atoms with Crippen molar-refractivity contribution < 1.29 is 40.4 Å². The summed E-state index contributed by atoms with van der Waals surface area (Å²) in [5.41, 5.74) is -0.200. The van der Waals surface area contributed by atoms with Crippen LogP contribution in [0.25, 0.3) is 11.1 Å². The van der Waals surface area contributed by atoms with Crippen LogP contribution in [0.1, 0.15) is 11.1 Å². The topological polar surface area (TPSA) is 180 Å². The van der Waals surface area contributed by atoms with Crippen LogP contribution in [0, 0.1) is 0 Å². The zero-order chi connectivity index (χ0) is 22.6. The normalized spacial score (nSPS) is 12.1. The number of carbonyl (C=O) groups is 2. The zero-order valence-electron chi connectivity index (χ0n) is 14.9. The van der Waals surface area contributed by atoms with Crippen molar-refractivity contribution in [2.75, 3.05) is 0 Å². The molecule has 2 rings (SSSR count). The van der Waals surface area contributed by atoms with Crippen molar-refractivity contribution in [2.24, 2.45) is 10.3 Å². The van der Waals surface area contributed by atoms with Crippen molar-refractivity contribution in [1.82, 2.24) is 0 Å². The number of phenols is 2. The summed E-state index contributed by atoms with van der Waals surface area (Å²) in [4.78, 5) is 22.2. The van der Waals surface area contributed by atoms with Crippen LogP contribution in [-0.2, 0) is 22.4 Å². The Morgan fingerprint density at radius 1 is 0.733 bits per heavy atom. The van der Waals surface area contributed by atoms with Gasteiger partial charge in [-0.1, -0.05) is 10.3 Å². The monoisotopic (exact) mass is 544 g/mol. The molecule has 0 atom stereocenters. The second-order valence-electron chi connectivity index (χ2n) is 6.00. The van der Waals surface area contributed by atoms with Gasteiger partial charge in [0.15, 0.2) is 11.4 Å². The lowest BCUT2D eigenvalue weighted by Crippen LogP contribution is -2.16. The van der Waals surface area contributed by atoms with Crippen molar-refractivity contribution in [3.05, 3.63) is 44.3 Å². The SMILES string of the molecule is O=C(O)/C(Cc1cc(Br)c(O)c(-c2cc(C/C(=N\O)C(=O)O)cc(Br)c2O)c1)=N/O. The van der Waals surface area contributed by atoms with E-state index in [0.29, 0.717) is 11.1 Å². The van der Waals surface area contributed by atoms with E-state index in [1.54, 1.807) is 0 Å². The second kappa shape index (κ2) is 9.59. The van der Waals surface area contributed by atoms with E-state index in [9.17, 15) is 19.8 Å². The van der Waals surface area contributed by atoms with E-state index >= 15 is 0 Å². The van der Waals surface area contributed by atoms with E-state index in [0.717, 1.165) is 0 Å². The van der Waals surface area contributed by atoms with Gasteiger partial charge in [0.05, 0.1) is 8.95 Å². The molecule has 0 saturated heterocycles. The molecule has 0 aliphatic heterocycles. The number of hydrogen-bond acceptors (Lipinski definition) is 8. The standard InChI is InChI=1S/C18H14Br2N2O8/c19-11-3-7(5-13(21-29)17(25)26)1-9(15(11)23)10-2-8(4-12(20)16(10)24)6-14(22-30)18(27)28/h1-4,23-24,29-30H,5-6H2,(H,25,26)(H,27,28)/b21-13+,22-14+. The maximum absolute atomic E-state index is 11.1. The van der Waals surface area contributed by atoms with Gasteiger partial charge in [-0.15, -0.1) is 0 Å². The highest BCUT2D eigenvalue weighted by Gasteiger charge is 2.20. The first kappa shape index (κ1) is 23.2. The van der Waals surface area contributed by atoms with Crippen LogP contribution in [0.4, 0.5) is 0 Å². The second-order valence-corrected chi connectivity index (χ2v) is 7.71. The van der Waals surface area contributed by atoms with Gasteiger partial charge in [-0.05, 0) is 67.3 Å². The number of rotatable bonds is 7. The third-order valence-corrected chi connectivity index (χ3v) is 5.22. The first-order valence-electron chi connectivity index (χ1n) is 8.00. The molecule has 10 nitrogen and oxygen atoms in total. The number of nitrogens with zero attached hydrogens (tertiary/aromatic N) is 2. The molecule has 2 aromatic rings. The summed E-state index contributed by atoms with van der Waals surface area (Å²) >= 11 is 6.30. The number of aliphatic carboxylic acids is 2. The molecule has 12 heteroatoms. The summed E-state index contributed by atoms with van der Waals surface area (Å²) < 4.78 is 0.364. The van der Waals surface area contributed by atoms with Gasteiger partial charge in [-0.2, -0.15) is 0 Å². The highest BCUT2D eigenvalue weighted by molar-refractivity contribution is 9.11. The third kappa shape index (κ3) is 5.07. The van der Waals surface area contributed by atoms with Crippen LogP contribution in [0.15, 0.2) is 43.5 Å². The molecule has 0 aliphatic carbocycles. The van der Waals surface area contributed by atoms with E-state index in [1.807, 2.05) is 0 Å². The predicted octanol–water partition coefficient (Wildman–Crippen LogP) is 3.20. The first-order valence-corrected chi connectivity index (χ1v) is 9.59. The van der Waals surface area contributed by atoms with Crippen LogP contribution in [0.2, 0.25) is 0 Å². The molecule has 0 aromatic heterocycles. The molecule has 0 spiro atoms. The fraction of sp³-hybridized carbons (Fsp3) is 0.111. The summed E-state index contributed by atoms with van der Waals surface area (Å²) in [6.45, 7) is 0. The molecule has 30 heavy (non-hydrogen) atoms. The zero-order valence-corrected chi connectivity index (χ0v) is 18.0. The molecule has 6 N–H and O–H groups in total. The lowest BCUT2D eigenvalue weighted by atomic mass is 9.96. The molecule has 0 aliphatic rings. The average Bonchev–Trinajstić information content (AvgIpc) is 2.68. The molecular formula is C18H14Br2N2O8. The molecule has 158 valence electrons. The molecule has 2 aromatic carbocycles. The minimum absolute atomic E-state index is 0.0971. The molecule has 0 heterocycles. The average molecular weight is 546 g/mol. The van der Waals surface area contributed by atoms with Crippen LogP contribution in [-0.4, -0.2) is 54.2 Å². The Morgan fingerprint density at radius 3 is 1.33 bits per heavy atom. The molecular weight excluding hydrogens is 532 g/mol. The number of hydrogen-bond donors (Lipinski definition) is 6. The van der Waals surface area contributed by atoms with Crippen LogP contribution < -0.4 is 0 Å². The molecule has 0 fully saturated rings. The summed E-state index contributed by atoms with van der Waals surface area (Å²) in [5.74, 6) is -3.41. The van der Waals surface area contributed by atoms with Crippen LogP contribution >= 0.6 is 31.9 Å². The fourth-order valence-electron chi connectivity index (χ4n) is 2.62. The van der Waals surface area contributed by atoms with Gasteiger partial charge in [0.25, 0.3) is 0 Å². The molecule has 0 amide bonds. The Balaban J connectivity index is 2.62. The van der Waals surface area contributed by atoms with Gasteiger partial charge in [-0.25, -0.2) is 9.59 Å². The van der Waals surface area contributed by atoms with Crippen LogP contribution in [0.5, 0.6) is 11.5 Å². The van der Waals surface area contributed by atoms with Crippen molar-refractivity contribution in [3.8, 4) is 22.6 Å². The number of carboxylic acid groups (broad SMARTS) is 2. The van der Waals surface area contributed by atoms with Crippen LogP contribution in [0.3, 0.4) is 0 Å². The minimum atomic E-state index is -1.43. The molecule has 0 saturated carbocycles. The van der Waals surface area contributed by atoms with Gasteiger partial charge < -0.3 is 30.8 Å². The van der Waals surface area contributed by atoms with E-state index in [1.165, 1.54) is 24.3 Å². The Kier molecular flexibility index (Phi) is 7.40. The Hall–Kier alpha value is -3.12. The van der Waals surface area contributed by atoms with Gasteiger partial charge in [0.1, 0.15) is 11.5 Å². The van der Waals surface area contributed by atoms with Gasteiger partial charge in [0.2, 0.25) is 0 Å². The lowest BCUT2D eigenvalue weighted by Gasteiger charge is -2.14. The Labute approximate surface area is 185 Å². The largest absolute Gasteiger partial charge is 0.506 e. The maximum atomic E-state index is 11.1. The summed E-state index contributed by atoms with van der Waals surface area (Å²) in [6, 6.07) is 5.61. The molecule has 0 unspecified atom stereocenters. The molecule has 0 radical (unpaired) electrons. The number of carboxylic acids is 2. The fourth-order valence-corrected chi connectivity index (χ4v) is 3.63. The van der Waals surface area contributed by atoms with Gasteiger partial charge in [0, 0.05) is 24.0 Å². The van der Waals surface area contributed by atoms with Crippen molar-refractivity contribution in [2.45, 2.75) is 12.8 Å². The summed E-state index contributed by atoms with van der Waals surface area (Å²) in [6.07, 6.45) is -0.556. The van der Waals surface area contributed by atoms with Gasteiger partial charge in [-0.3, -0.25) is 0 Å². The number of halogens is 2. The number of benzene rings is 2. The lowest BCUT2D eigenvalue weighted by molar-refractivity contribution is -0.130. The van der Waals surface area contributed by atoms with E-state index < -0.39 is 23.4 Å². The summed E-state index contributed by atoms with van der Waals surface area (Å²) in [7, 11) is 0. The highest BCUT2D eigenvalue weighted by atomic mass is 79.9. The van der Waals surface area contributed by atoms with Crippen molar-refractivity contribution in [1.29, 1.82) is 0 Å². The first-order chi connectivity index (χ1) is 14.1. The van der Waals surface area contributed by atoms with E-state index in [4.69, 9.17) is 20.6 Å². The molecule has 0 bridgehead atoms. The Bertz CT molecular complexity index is 997. The van der Waals surface area contributed by atoms with Crippen molar-refractivity contribution >= 4 is 55.2 Å². The van der Waals surface area contributed by atoms with E-state index in [-0.39, 0.29) is 44.4 Å². The third-order valence-electron chi connectivity index (χ3n) is 4.01. The smallest absolute Gasteiger partial charge is 0.354 e. The number of phenolic OH excluding ortho intramolecular Hbond substituents is 2. The number of oxime groups is 2. The maximum Gasteiger partial charge on any atom is 0.354 e. The predicted molar refractivity (Wildman–Crippen MR) is 112 cm³/mol. The number of aromatic hydroxyl groups is 2. The minimum Gasteiger partial charge on any atom is -0.506 e. The quantitative estimate of drug-likeness (QED) is 0.174.